The maximum atomic E-state index is 12.3. The van der Waals surface area contributed by atoms with Crippen LogP contribution in [0.15, 0.2) is 46.7 Å². The first kappa shape index (κ1) is 18.4. The van der Waals surface area contributed by atoms with Crippen molar-refractivity contribution in [1.82, 2.24) is 10.0 Å². The molecule has 0 radical (unpaired) electrons. The zero-order valence-corrected chi connectivity index (χ0v) is 15.1. The Labute approximate surface area is 145 Å². The Morgan fingerprint density at radius 2 is 1.96 bits per heavy atom. The first-order chi connectivity index (χ1) is 11.4. The molecule has 130 valence electrons. The lowest BCUT2D eigenvalue weighted by molar-refractivity contribution is -0.122. The second-order valence-corrected chi connectivity index (χ2v) is 7.89. The second kappa shape index (κ2) is 8.27. The zero-order valence-electron chi connectivity index (χ0n) is 13.5. The van der Waals surface area contributed by atoms with E-state index in [-0.39, 0.29) is 10.8 Å². The third kappa shape index (κ3) is 5.05. The smallest absolute Gasteiger partial charge is 0.241 e. The van der Waals surface area contributed by atoms with Crippen molar-refractivity contribution in [3.8, 4) is 5.75 Å². The van der Waals surface area contributed by atoms with E-state index >= 15 is 0 Å². The number of ether oxygens (including phenoxy) is 1. The zero-order chi connectivity index (χ0) is 17.6. The van der Waals surface area contributed by atoms with Crippen molar-refractivity contribution in [2.75, 3.05) is 13.7 Å². The fraction of sp³-hybridized carbons (Fsp3) is 0.312. The van der Waals surface area contributed by atoms with Crippen LogP contribution >= 0.6 is 11.3 Å². The van der Waals surface area contributed by atoms with Crippen molar-refractivity contribution in [2.24, 2.45) is 0 Å². The Kier molecular flexibility index (Phi) is 6.36. The lowest BCUT2D eigenvalue weighted by atomic mass is 10.3. The number of hydrogen-bond acceptors (Lipinski definition) is 5. The van der Waals surface area contributed by atoms with E-state index in [0.29, 0.717) is 12.3 Å². The van der Waals surface area contributed by atoms with Gasteiger partial charge in [-0.3, -0.25) is 4.79 Å². The van der Waals surface area contributed by atoms with Gasteiger partial charge in [-0.15, -0.1) is 11.3 Å². The van der Waals surface area contributed by atoms with E-state index in [0.717, 1.165) is 6.42 Å². The molecule has 1 atom stereocenters. The number of carbonyl (C=O) groups is 1. The summed E-state index contributed by atoms with van der Waals surface area (Å²) in [5.41, 5.74) is 0. The summed E-state index contributed by atoms with van der Waals surface area (Å²) in [6.07, 6.45) is 0.724. The number of hydrogen-bond donors (Lipinski definition) is 2. The molecule has 0 bridgehead atoms. The van der Waals surface area contributed by atoms with E-state index < -0.39 is 16.1 Å². The number of sulfonamides is 1. The summed E-state index contributed by atoms with van der Waals surface area (Å²) < 4.78 is 31.9. The van der Waals surface area contributed by atoms with Crippen molar-refractivity contribution in [2.45, 2.75) is 24.3 Å². The SMILES string of the molecule is COc1ccc(S(=O)(=O)N[C@@H](C)C(=O)NCCc2cccs2)cc1. The van der Waals surface area contributed by atoms with Gasteiger partial charge in [-0.2, -0.15) is 4.72 Å². The van der Waals surface area contributed by atoms with E-state index in [1.54, 1.807) is 23.5 Å². The number of nitrogens with one attached hydrogen (secondary N) is 2. The Hall–Kier alpha value is -1.90. The minimum absolute atomic E-state index is 0.0848. The molecule has 0 aliphatic carbocycles. The third-order valence-electron chi connectivity index (χ3n) is 3.35. The maximum absolute atomic E-state index is 12.3. The summed E-state index contributed by atoms with van der Waals surface area (Å²) in [6, 6.07) is 9.06. The molecule has 0 saturated heterocycles. The van der Waals surface area contributed by atoms with E-state index in [1.165, 1.54) is 31.0 Å². The minimum Gasteiger partial charge on any atom is -0.497 e. The molecule has 1 amide bonds. The highest BCUT2D eigenvalue weighted by Gasteiger charge is 2.21. The molecule has 1 aromatic heterocycles. The summed E-state index contributed by atoms with van der Waals surface area (Å²) in [5, 5.41) is 4.71. The van der Waals surface area contributed by atoms with Crippen LogP contribution in [0.2, 0.25) is 0 Å². The van der Waals surface area contributed by atoms with Crippen molar-refractivity contribution in [3.05, 3.63) is 46.7 Å². The fourth-order valence-corrected chi connectivity index (χ4v) is 3.94. The fourth-order valence-electron chi connectivity index (χ4n) is 2.03. The molecule has 0 fully saturated rings. The molecule has 2 N–H and O–H groups in total. The van der Waals surface area contributed by atoms with Gasteiger partial charge in [-0.25, -0.2) is 8.42 Å². The lowest BCUT2D eigenvalue weighted by Crippen LogP contribution is -2.45. The van der Waals surface area contributed by atoms with Gasteiger partial charge < -0.3 is 10.1 Å². The summed E-state index contributed by atoms with van der Waals surface area (Å²) in [7, 11) is -2.26. The van der Waals surface area contributed by atoms with Crippen molar-refractivity contribution in [3.63, 3.8) is 0 Å². The number of benzene rings is 1. The van der Waals surface area contributed by atoms with Gasteiger partial charge in [0.25, 0.3) is 0 Å². The Bertz CT molecular complexity index is 756. The predicted molar refractivity (Wildman–Crippen MR) is 93.8 cm³/mol. The lowest BCUT2D eigenvalue weighted by Gasteiger charge is -2.14. The van der Waals surface area contributed by atoms with Gasteiger partial charge >= 0.3 is 0 Å². The highest BCUT2D eigenvalue weighted by molar-refractivity contribution is 7.89. The average Bonchev–Trinajstić information content (AvgIpc) is 3.07. The Morgan fingerprint density at radius 1 is 1.25 bits per heavy atom. The van der Waals surface area contributed by atoms with Crippen molar-refractivity contribution < 1.29 is 17.9 Å². The number of carbonyl (C=O) groups excluding carboxylic acids is 1. The molecule has 8 heteroatoms. The molecule has 0 aliphatic rings. The molecule has 2 rings (SSSR count). The minimum atomic E-state index is -3.76. The van der Waals surface area contributed by atoms with Crippen LogP contribution in [-0.2, 0) is 21.2 Å². The van der Waals surface area contributed by atoms with Gasteiger partial charge in [-0.1, -0.05) is 6.07 Å². The maximum Gasteiger partial charge on any atom is 0.241 e. The van der Waals surface area contributed by atoms with Crippen LogP contribution < -0.4 is 14.8 Å². The van der Waals surface area contributed by atoms with Crippen LogP contribution in [0.25, 0.3) is 0 Å². The molecule has 0 unspecified atom stereocenters. The van der Waals surface area contributed by atoms with Gasteiger partial charge in [-0.05, 0) is 49.1 Å². The summed E-state index contributed by atoms with van der Waals surface area (Å²) >= 11 is 1.62. The van der Waals surface area contributed by atoms with Gasteiger partial charge in [0.05, 0.1) is 18.0 Å². The highest BCUT2D eigenvalue weighted by atomic mass is 32.2. The largest absolute Gasteiger partial charge is 0.497 e. The standard InChI is InChI=1S/C16H20N2O4S2/c1-12(16(19)17-10-9-14-4-3-11-23-14)18-24(20,21)15-7-5-13(22-2)6-8-15/h3-8,11-12,18H,9-10H2,1-2H3,(H,17,19)/t12-/m0/s1. The molecule has 0 aliphatic heterocycles. The van der Waals surface area contributed by atoms with E-state index in [9.17, 15) is 13.2 Å². The van der Waals surface area contributed by atoms with Gasteiger partial charge in [0, 0.05) is 11.4 Å². The molecule has 1 aromatic carbocycles. The van der Waals surface area contributed by atoms with Gasteiger partial charge in [0.2, 0.25) is 15.9 Å². The van der Waals surface area contributed by atoms with Gasteiger partial charge in [0.1, 0.15) is 5.75 Å². The average molecular weight is 368 g/mol. The molecule has 0 spiro atoms. The number of rotatable bonds is 8. The molecule has 6 nitrogen and oxygen atoms in total. The Balaban J connectivity index is 1.88. The number of thiophene rings is 1. The van der Waals surface area contributed by atoms with E-state index in [2.05, 4.69) is 10.0 Å². The summed E-state index contributed by atoms with van der Waals surface area (Å²) in [6.45, 7) is 1.98. The van der Waals surface area contributed by atoms with E-state index in [4.69, 9.17) is 4.74 Å². The first-order valence-corrected chi connectivity index (χ1v) is 9.75. The van der Waals surface area contributed by atoms with Crippen LogP contribution in [0.1, 0.15) is 11.8 Å². The molecule has 24 heavy (non-hydrogen) atoms. The molecule has 1 heterocycles. The Morgan fingerprint density at radius 3 is 2.54 bits per heavy atom. The van der Waals surface area contributed by atoms with Crippen LogP contribution in [0.5, 0.6) is 5.75 Å². The summed E-state index contributed by atoms with van der Waals surface area (Å²) in [4.78, 5) is 13.3. The molecular formula is C16H20N2O4S2. The van der Waals surface area contributed by atoms with Crippen LogP contribution in [-0.4, -0.2) is 34.0 Å². The summed E-state index contributed by atoms with van der Waals surface area (Å²) in [5.74, 6) is 0.206. The first-order valence-electron chi connectivity index (χ1n) is 7.39. The third-order valence-corrected chi connectivity index (χ3v) is 5.84. The molecule has 2 aromatic rings. The van der Waals surface area contributed by atoms with Crippen molar-refractivity contribution >= 4 is 27.3 Å². The topological polar surface area (TPSA) is 84.5 Å². The monoisotopic (exact) mass is 368 g/mol. The second-order valence-electron chi connectivity index (χ2n) is 5.14. The normalized spacial score (nSPS) is 12.6. The highest BCUT2D eigenvalue weighted by Crippen LogP contribution is 2.15. The van der Waals surface area contributed by atoms with Gasteiger partial charge in [0.15, 0.2) is 0 Å². The quantitative estimate of drug-likeness (QED) is 0.744. The molecular weight excluding hydrogens is 348 g/mol. The number of methoxy groups -OCH3 is 1. The van der Waals surface area contributed by atoms with Crippen LogP contribution in [0.3, 0.4) is 0 Å². The van der Waals surface area contributed by atoms with Crippen molar-refractivity contribution in [1.29, 1.82) is 0 Å². The molecule has 0 saturated carbocycles. The predicted octanol–water partition coefficient (Wildman–Crippen LogP) is 1.78. The van der Waals surface area contributed by atoms with E-state index in [1.807, 2.05) is 17.5 Å². The van der Waals surface area contributed by atoms with Crippen LogP contribution in [0.4, 0.5) is 0 Å². The number of amides is 1. The van der Waals surface area contributed by atoms with Crippen LogP contribution in [0, 0.1) is 0 Å².